The third-order valence-electron chi connectivity index (χ3n) is 3.72. The molecule has 0 saturated heterocycles. The van der Waals surface area contributed by atoms with E-state index in [0.717, 1.165) is 25.7 Å². The van der Waals surface area contributed by atoms with Gasteiger partial charge in [0.25, 0.3) is 5.91 Å². The highest BCUT2D eigenvalue weighted by atomic mass is 16.3. The molecular weight excluding hydrogens is 240 g/mol. The molecule has 2 N–H and O–H groups in total. The van der Waals surface area contributed by atoms with Gasteiger partial charge in [0.1, 0.15) is 0 Å². The van der Waals surface area contributed by atoms with Gasteiger partial charge in [0.15, 0.2) is 0 Å². The molecule has 1 fully saturated rings. The van der Waals surface area contributed by atoms with Crippen LogP contribution in [0.2, 0.25) is 0 Å². The van der Waals surface area contributed by atoms with Crippen molar-refractivity contribution < 1.29 is 9.90 Å². The van der Waals surface area contributed by atoms with E-state index < -0.39 is 0 Å². The summed E-state index contributed by atoms with van der Waals surface area (Å²) < 4.78 is 0. The Morgan fingerprint density at radius 1 is 1.26 bits per heavy atom. The second-order valence-electron chi connectivity index (χ2n) is 5.06. The van der Waals surface area contributed by atoms with Gasteiger partial charge in [-0.3, -0.25) is 4.79 Å². The van der Waals surface area contributed by atoms with Crippen LogP contribution in [-0.2, 0) is 0 Å². The Labute approximate surface area is 113 Å². The van der Waals surface area contributed by atoms with Gasteiger partial charge in [-0.1, -0.05) is 0 Å². The average molecular weight is 258 g/mol. The molecule has 0 heterocycles. The Kier molecular flexibility index (Phi) is 4.53. The minimum atomic E-state index is -0.0862. The zero-order chi connectivity index (χ0) is 13.7. The molecule has 1 aromatic rings. The van der Waals surface area contributed by atoms with Gasteiger partial charge in [-0.15, -0.1) is 0 Å². The molecule has 1 amide bonds. The number of nitriles is 1. The molecule has 19 heavy (non-hydrogen) atoms. The fourth-order valence-electron chi connectivity index (χ4n) is 2.45. The number of carbonyl (C=O) groups excluding carboxylic acids is 1. The maximum absolute atomic E-state index is 12.0. The molecule has 1 aliphatic rings. The summed E-state index contributed by atoms with van der Waals surface area (Å²) in [4.78, 5) is 12.0. The molecule has 0 aliphatic heterocycles. The molecule has 0 aromatic heterocycles. The summed E-state index contributed by atoms with van der Waals surface area (Å²) in [6.07, 6.45) is 3.78. The monoisotopic (exact) mass is 258 g/mol. The SMILES string of the molecule is N#Cc1ccc(C(=O)NC2CCC(CO)CC2)cc1. The number of nitrogens with zero attached hydrogens (tertiary/aromatic N) is 1. The molecule has 4 heteroatoms. The first-order chi connectivity index (χ1) is 9.22. The van der Waals surface area contributed by atoms with Gasteiger partial charge >= 0.3 is 0 Å². The summed E-state index contributed by atoms with van der Waals surface area (Å²) in [5.41, 5.74) is 1.14. The van der Waals surface area contributed by atoms with Gasteiger partial charge in [-0.25, -0.2) is 0 Å². The van der Waals surface area contributed by atoms with Crippen molar-refractivity contribution in [2.24, 2.45) is 5.92 Å². The topological polar surface area (TPSA) is 73.1 Å². The molecule has 0 unspecified atom stereocenters. The van der Waals surface area contributed by atoms with Crippen LogP contribution in [0.3, 0.4) is 0 Å². The number of hydrogen-bond donors (Lipinski definition) is 2. The molecule has 100 valence electrons. The van der Waals surface area contributed by atoms with Gasteiger partial charge in [0.2, 0.25) is 0 Å². The summed E-state index contributed by atoms with van der Waals surface area (Å²) >= 11 is 0. The van der Waals surface area contributed by atoms with Crippen LogP contribution in [0.15, 0.2) is 24.3 Å². The highest BCUT2D eigenvalue weighted by Crippen LogP contribution is 2.23. The number of aliphatic hydroxyl groups excluding tert-OH is 1. The predicted molar refractivity (Wildman–Crippen MR) is 71.5 cm³/mol. The second-order valence-corrected chi connectivity index (χ2v) is 5.06. The molecule has 0 atom stereocenters. The third-order valence-corrected chi connectivity index (χ3v) is 3.72. The smallest absolute Gasteiger partial charge is 0.251 e. The van der Waals surface area contributed by atoms with Gasteiger partial charge < -0.3 is 10.4 Å². The summed E-state index contributed by atoms with van der Waals surface area (Å²) in [7, 11) is 0. The van der Waals surface area contributed by atoms with Crippen molar-refractivity contribution in [2.75, 3.05) is 6.61 Å². The van der Waals surface area contributed by atoms with Crippen molar-refractivity contribution in [3.05, 3.63) is 35.4 Å². The highest BCUT2D eigenvalue weighted by molar-refractivity contribution is 5.94. The maximum atomic E-state index is 12.0. The lowest BCUT2D eigenvalue weighted by molar-refractivity contribution is 0.0914. The standard InChI is InChI=1S/C15H18N2O2/c16-9-11-1-5-13(6-2-11)15(19)17-14-7-3-12(10-18)4-8-14/h1-2,5-6,12,14,18H,3-4,7-8,10H2,(H,17,19). The van der Waals surface area contributed by atoms with E-state index in [1.54, 1.807) is 24.3 Å². The summed E-state index contributed by atoms with van der Waals surface area (Å²) in [6, 6.07) is 8.88. The number of benzene rings is 1. The Morgan fingerprint density at radius 2 is 1.89 bits per heavy atom. The first-order valence-electron chi connectivity index (χ1n) is 6.65. The molecule has 2 rings (SSSR count). The fraction of sp³-hybridized carbons (Fsp3) is 0.467. The molecule has 1 aromatic carbocycles. The lowest BCUT2D eigenvalue weighted by Crippen LogP contribution is -2.38. The third kappa shape index (κ3) is 3.55. The Morgan fingerprint density at radius 3 is 2.42 bits per heavy atom. The van der Waals surface area contributed by atoms with E-state index in [0.29, 0.717) is 17.0 Å². The van der Waals surface area contributed by atoms with Crippen LogP contribution < -0.4 is 5.32 Å². The van der Waals surface area contributed by atoms with Crippen LogP contribution in [-0.4, -0.2) is 23.7 Å². The summed E-state index contributed by atoms with van der Waals surface area (Å²) in [5, 5.41) is 20.8. The number of carbonyl (C=O) groups is 1. The number of aliphatic hydroxyl groups is 1. The first-order valence-corrected chi connectivity index (χ1v) is 6.65. The number of nitrogens with one attached hydrogen (secondary N) is 1. The van der Waals surface area contributed by atoms with E-state index in [9.17, 15) is 4.79 Å². The Bertz CT molecular complexity index is 468. The van der Waals surface area contributed by atoms with E-state index in [2.05, 4.69) is 5.32 Å². The van der Waals surface area contributed by atoms with Crippen LogP contribution in [0.5, 0.6) is 0 Å². The van der Waals surface area contributed by atoms with Crippen molar-refractivity contribution in [3.8, 4) is 6.07 Å². The lowest BCUT2D eigenvalue weighted by Gasteiger charge is -2.27. The van der Waals surface area contributed by atoms with Crippen LogP contribution in [0.25, 0.3) is 0 Å². The van der Waals surface area contributed by atoms with Crippen molar-refractivity contribution >= 4 is 5.91 Å². The molecule has 4 nitrogen and oxygen atoms in total. The van der Waals surface area contributed by atoms with Gasteiger partial charge in [0, 0.05) is 18.2 Å². The van der Waals surface area contributed by atoms with Crippen LogP contribution in [0.1, 0.15) is 41.6 Å². The summed E-state index contributed by atoms with van der Waals surface area (Å²) in [5.74, 6) is 0.306. The largest absolute Gasteiger partial charge is 0.396 e. The van der Waals surface area contributed by atoms with E-state index in [1.807, 2.05) is 6.07 Å². The minimum absolute atomic E-state index is 0.0862. The van der Waals surface area contributed by atoms with Gasteiger partial charge in [-0.05, 0) is 55.9 Å². The van der Waals surface area contributed by atoms with E-state index in [-0.39, 0.29) is 18.6 Å². The van der Waals surface area contributed by atoms with Crippen molar-refractivity contribution in [1.82, 2.24) is 5.32 Å². The fourth-order valence-corrected chi connectivity index (χ4v) is 2.45. The van der Waals surface area contributed by atoms with Crippen LogP contribution in [0, 0.1) is 17.2 Å². The van der Waals surface area contributed by atoms with Gasteiger partial charge in [-0.2, -0.15) is 5.26 Å². The summed E-state index contributed by atoms with van der Waals surface area (Å²) in [6.45, 7) is 0.246. The van der Waals surface area contributed by atoms with Crippen LogP contribution in [0.4, 0.5) is 0 Å². The molecule has 0 spiro atoms. The quantitative estimate of drug-likeness (QED) is 0.868. The van der Waals surface area contributed by atoms with E-state index in [1.165, 1.54) is 0 Å². The molecule has 0 bridgehead atoms. The minimum Gasteiger partial charge on any atom is -0.396 e. The number of hydrogen-bond acceptors (Lipinski definition) is 3. The first kappa shape index (κ1) is 13.6. The van der Waals surface area contributed by atoms with Gasteiger partial charge in [0.05, 0.1) is 11.6 Å². The predicted octanol–water partition coefficient (Wildman–Crippen LogP) is 1.84. The lowest BCUT2D eigenvalue weighted by atomic mass is 9.86. The highest BCUT2D eigenvalue weighted by Gasteiger charge is 2.22. The Balaban J connectivity index is 1.89. The molecular formula is C15H18N2O2. The van der Waals surface area contributed by atoms with E-state index in [4.69, 9.17) is 10.4 Å². The van der Waals surface area contributed by atoms with E-state index >= 15 is 0 Å². The average Bonchev–Trinajstić information content (AvgIpc) is 2.48. The second kappa shape index (κ2) is 6.35. The molecule has 1 aliphatic carbocycles. The Hall–Kier alpha value is -1.86. The van der Waals surface area contributed by atoms with Crippen molar-refractivity contribution in [2.45, 2.75) is 31.7 Å². The normalized spacial score (nSPS) is 22.5. The van der Waals surface area contributed by atoms with Crippen LogP contribution >= 0.6 is 0 Å². The zero-order valence-corrected chi connectivity index (χ0v) is 10.8. The number of rotatable bonds is 3. The molecule has 0 radical (unpaired) electrons. The zero-order valence-electron chi connectivity index (χ0n) is 10.8. The maximum Gasteiger partial charge on any atom is 0.251 e. The van der Waals surface area contributed by atoms with Crippen molar-refractivity contribution in [3.63, 3.8) is 0 Å². The number of amides is 1. The molecule has 1 saturated carbocycles. The van der Waals surface area contributed by atoms with Crippen molar-refractivity contribution in [1.29, 1.82) is 5.26 Å².